The Hall–Kier alpha value is -3.51. The zero-order valence-corrected chi connectivity index (χ0v) is 19.2. The summed E-state index contributed by atoms with van der Waals surface area (Å²) in [6, 6.07) is 11.2. The molecule has 0 aliphatic carbocycles. The summed E-state index contributed by atoms with van der Waals surface area (Å²) in [5.74, 6) is 1.24. The van der Waals surface area contributed by atoms with Gasteiger partial charge in [0.1, 0.15) is 10.8 Å². The number of nitrogens with one attached hydrogen (secondary N) is 1. The van der Waals surface area contributed by atoms with E-state index in [2.05, 4.69) is 25.7 Å². The van der Waals surface area contributed by atoms with Crippen LogP contribution < -0.4 is 14.8 Å². The third-order valence-electron chi connectivity index (χ3n) is 4.38. The number of ether oxygens (including phenoxy) is 2. The van der Waals surface area contributed by atoms with Crippen molar-refractivity contribution >= 4 is 29.0 Å². The minimum Gasteiger partial charge on any atom is -0.493 e. The van der Waals surface area contributed by atoms with Gasteiger partial charge < -0.3 is 19.2 Å². The Bertz CT molecular complexity index is 1250. The average molecular weight is 488 g/mol. The minimum atomic E-state index is -0.346. The van der Waals surface area contributed by atoms with Gasteiger partial charge >= 0.3 is 0 Å². The van der Waals surface area contributed by atoms with Crippen molar-refractivity contribution in [2.24, 2.45) is 0 Å². The van der Waals surface area contributed by atoms with Gasteiger partial charge in [-0.3, -0.25) is 4.79 Å². The van der Waals surface area contributed by atoms with Gasteiger partial charge in [-0.25, -0.2) is 4.39 Å². The summed E-state index contributed by atoms with van der Waals surface area (Å²) in [5, 5.41) is 20.1. The number of aromatic nitrogens is 4. The number of hydrogen-bond donors (Lipinski definition) is 1. The summed E-state index contributed by atoms with van der Waals surface area (Å²) in [5.41, 5.74) is 1.48. The predicted molar refractivity (Wildman–Crippen MR) is 120 cm³/mol. The summed E-state index contributed by atoms with van der Waals surface area (Å²) in [6.45, 7) is 0.268. The maximum atomic E-state index is 13.0. The van der Waals surface area contributed by atoms with Crippen LogP contribution in [-0.4, -0.2) is 40.5 Å². The zero-order chi connectivity index (χ0) is 23.2. The predicted octanol–water partition coefficient (Wildman–Crippen LogP) is 3.97. The number of methoxy groups -OCH3 is 2. The van der Waals surface area contributed by atoms with E-state index in [1.165, 1.54) is 35.2 Å². The van der Waals surface area contributed by atoms with Crippen LogP contribution in [0, 0.1) is 5.82 Å². The van der Waals surface area contributed by atoms with Crippen molar-refractivity contribution in [3.8, 4) is 23.0 Å². The number of halogens is 1. The lowest BCUT2D eigenvalue weighted by Gasteiger charge is -2.07. The lowest BCUT2D eigenvalue weighted by Crippen LogP contribution is -2.22. The number of nitrogens with zero attached hydrogens (tertiary/aromatic N) is 4. The molecule has 4 rings (SSSR count). The van der Waals surface area contributed by atoms with Gasteiger partial charge in [0.2, 0.25) is 10.9 Å². The molecule has 0 saturated carbocycles. The molecule has 4 aromatic rings. The average Bonchev–Trinajstić information content (AvgIpc) is 3.51. The molecule has 2 aromatic carbocycles. The fourth-order valence-corrected chi connectivity index (χ4v) is 4.25. The Kier molecular flexibility index (Phi) is 7.15. The fraction of sp³-hybridized carbons (Fsp3) is 0.190. The molecule has 0 saturated heterocycles. The van der Waals surface area contributed by atoms with E-state index in [4.69, 9.17) is 13.9 Å². The first-order valence-corrected chi connectivity index (χ1v) is 11.4. The number of carbonyl (C=O) groups excluding carboxylic acids is 1. The lowest BCUT2D eigenvalue weighted by atomic mass is 10.2. The van der Waals surface area contributed by atoms with Crippen LogP contribution >= 0.6 is 23.1 Å². The van der Waals surface area contributed by atoms with Gasteiger partial charge in [0.15, 0.2) is 11.5 Å². The van der Waals surface area contributed by atoms with Gasteiger partial charge in [-0.1, -0.05) is 35.2 Å². The molecule has 0 atom stereocenters. The van der Waals surface area contributed by atoms with E-state index in [9.17, 15) is 9.18 Å². The Balaban J connectivity index is 1.33. The standard InChI is InChI=1S/C21H18FN5O4S2/c1-29-15-8-5-13(9-16(15)30-2)19-25-27-21(31-19)32-11-17-24-26-20(33-17)18(28)23-10-12-3-6-14(22)7-4-12/h3-9H,10-11H2,1-2H3,(H,23,28). The van der Waals surface area contributed by atoms with E-state index in [1.54, 1.807) is 44.6 Å². The number of benzene rings is 2. The Labute approximate surface area is 196 Å². The van der Waals surface area contributed by atoms with E-state index in [1.807, 2.05) is 0 Å². The van der Waals surface area contributed by atoms with Crippen LogP contribution in [0.1, 0.15) is 20.4 Å². The molecule has 2 heterocycles. The van der Waals surface area contributed by atoms with Crippen molar-refractivity contribution in [3.05, 3.63) is 63.9 Å². The summed E-state index contributed by atoms with van der Waals surface area (Å²) >= 11 is 2.46. The SMILES string of the molecule is COc1ccc(-c2nnc(SCc3nnc(C(=O)NCc4ccc(F)cc4)s3)o2)cc1OC. The Morgan fingerprint density at radius 2 is 1.85 bits per heavy atom. The molecule has 0 fully saturated rings. The molecule has 0 spiro atoms. The number of thioether (sulfide) groups is 1. The molecule has 0 bridgehead atoms. The Morgan fingerprint density at radius 3 is 2.61 bits per heavy atom. The van der Waals surface area contributed by atoms with Crippen LogP contribution in [0.3, 0.4) is 0 Å². The summed E-state index contributed by atoms with van der Waals surface area (Å²) in [4.78, 5) is 12.3. The van der Waals surface area contributed by atoms with Crippen molar-refractivity contribution in [1.82, 2.24) is 25.7 Å². The quantitative estimate of drug-likeness (QED) is 0.351. The molecular weight excluding hydrogens is 469 g/mol. The normalized spacial score (nSPS) is 10.8. The Morgan fingerprint density at radius 1 is 1.06 bits per heavy atom. The molecule has 0 aliphatic rings. The van der Waals surface area contributed by atoms with E-state index < -0.39 is 0 Å². The minimum absolute atomic E-state index is 0.240. The molecule has 2 aromatic heterocycles. The lowest BCUT2D eigenvalue weighted by molar-refractivity contribution is 0.0950. The molecule has 33 heavy (non-hydrogen) atoms. The molecular formula is C21H18FN5O4S2. The number of rotatable bonds is 9. The second-order valence-electron chi connectivity index (χ2n) is 6.54. The van der Waals surface area contributed by atoms with Gasteiger partial charge in [-0.2, -0.15) is 0 Å². The summed E-state index contributed by atoms with van der Waals surface area (Å²) in [7, 11) is 3.11. The highest BCUT2D eigenvalue weighted by Crippen LogP contribution is 2.33. The maximum Gasteiger partial charge on any atom is 0.282 e. The highest BCUT2D eigenvalue weighted by atomic mass is 32.2. The van der Waals surface area contributed by atoms with Crippen molar-refractivity contribution in [1.29, 1.82) is 0 Å². The van der Waals surface area contributed by atoms with Gasteiger partial charge in [-0.05, 0) is 35.9 Å². The van der Waals surface area contributed by atoms with Crippen LogP contribution in [0.5, 0.6) is 11.5 Å². The molecule has 1 amide bonds. The number of carbonyl (C=O) groups is 1. The van der Waals surface area contributed by atoms with Gasteiger partial charge in [0, 0.05) is 12.1 Å². The van der Waals surface area contributed by atoms with Crippen molar-refractivity contribution in [2.75, 3.05) is 14.2 Å². The first kappa shape index (κ1) is 22.7. The molecule has 12 heteroatoms. The van der Waals surface area contributed by atoms with Crippen LogP contribution in [0.4, 0.5) is 4.39 Å². The smallest absolute Gasteiger partial charge is 0.282 e. The van der Waals surface area contributed by atoms with Crippen LogP contribution in [0.25, 0.3) is 11.5 Å². The molecule has 170 valence electrons. The largest absolute Gasteiger partial charge is 0.493 e. The summed E-state index contributed by atoms with van der Waals surface area (Å²) in [6.07, 6.45) is 0. The maximum absolute atomic E-state index is 13.0. The first-order valence-electron chi connectivity index (χ1n) is 9.59. The van der Waals surface area contributed by atoms with Gasteiger partial charge in [-0.15, -0.1) is 20.4 Å². The second kappa shape index (κ2) is 10.4. The monoisotopic (exact) mass is 487 g/mol. The van der Waals surface area contributed by atoms with Crippen molar-refractivity contribution in [2.45, 2.75) is 17.5 Å². The molecule has 0 aliphatic heterocycles. The molecule has 9 nitrogen and oxygen atoms in total. The van der Waals surface area contributed by atoms with Crippen LogP contribution in [0.2, 0.25) is 0 Å². The van der Waals surface area contributed by atoms with Crippen molar-refractivity contribution < 1.29 is 23.1 Å². The van der Waals surface area contributed by atoms with E-state index >= 15 is 0 Å². The zero-order valence-electron chi connectivity index (χ0n) is 17.6. The highest BCUT2D eigenvalue weighted by molar-refractivity contribution is 7.98. The topological polar surface area (TPSA) is 112 Å². The van der Waals surface area contributed by atoms with Crippen LogP contribution in [-0.2, 0) is 12.3 Å². The number of hydrogen-bond acceptors (Lipinski definition) is 10. The van der Waals surface area contributed by atoms with Crippen LogP contribution in [0.15, 0.2) is 52.1 Å². The molecule has 1 N–H and O–H groups in total. The van der Waals surface area contributed by atoms with E-state index in [0.29, 0.717) is 38.9 Å². The number of amides is 1. The van der Waals surface area contributed by atoms with Gasteiger partial charge in [0.05, 0.1) is 20.0 Å². The van der Waals surface area contributed by atoms with E-state index in [0.717, 1.165) is 5.56 Å². The second-order valence-corrected chi connectivity index (χ2v) is 8.53. The summed E-state index contributed by atoms with van der Waals surface area (Å²) < 4.78 is 29.2. The van der Waals surface area contributed by atoms with Crippen molar-refractivity contribution in [3.63, 3.8) is 0 Å². The fourth-order valence-electron chi connectivity index (χ4n) is 2.74. The van der Waals surface area contributed by atoms with E-state index in [-0.39, 0.29) is 23.3 Å². The molecule has 0 radical (unpaired) electrons. The first-order chi connectivity index (χ1) is 16.1. The molecule has 0 unspecified atom stereocenters. The highest BCUT2D eigenvalue weighted by Gasteiger charge is 2.16. The third kappa shape index (κ3) is 5.65. The third-order valence-corrected chi connectivity index (χ3v) is 6.32. The van der Waals surface area contributed by atoms with Gasteiger partial charge in [0.25, 0.3) is 11.1 Å².